The molecule has 0 bridgehead atoms. The van der Waals surface area contributed by atoms with Gasteiger partial charge in [-0.25, -0.2) is 9.37 Å². The van der Waals surface area contributed by atoms with Gasteiger partial charge in [-0.1, -0.05) is 18.2 Å². The molecule has 0 unspecified atom stereocenters. The number of nitrogens with two attached hydrogens (primary N) is 1. The number of nitrogens with zero attached hydrogens (tertiary/aromatic N) is 2. The van der Waals surface area contributed by atoms with Crippen molar-refractivity contribution in [1.29, 1.82) is 0 Å². The zero-order valence-corrected chi connectivity index (χ0v) is 15.2. The van der Waals surface area contributed by atoms with E-state index >= 15 is 0 Å². The Bertz CT molecular complexity index is 956. The van der Waals surface area contributed by atoms with Crippen LogP contribution in [0.1, 0.15) is 18.7 Å². The molecular weight excluding hydrogens is 369 g/mol. The van der Waals surface area contributed by atoms with E-state index in [1.807, 2.05) is 18.2 Å². The summed E-state index contributed by atoms with van der Waals surface area (Å²) in [6.45, 7) is 0.215. The third kappa shape index (κ3) is 3.99. The second-order valence-corrected chi connectivity index (χ2v) is 6.47. The topological polar surface area (TPSA) is 96.7 Å². The minimum absolute atomic E-state index is 0. The normalized spacial score (nSPS) is 14.3. The fourth-order valence-corrected chi connectivity index (χ4v) is 2.75. The molecule has 27 heavy (non-hydrogen) atoms. The van der Waals surface area contributed by atoms with E-state index in [2.05, 4.69) is 20.3 Å². The van der Waals surface area contributed by atoms with Gasteiger partial charge in [0, 0.05) is 11.8 Å². The molecule has 6 nitrogen and oxygen atoms in total. The van der Waals surface area contributed by atoms with Crippen LogP contribution in [0.5, 0.6) is 0 Å². The molecule has 0 aliphatic heterocycles. The van der Waals surface area contributed by atoms with Gasteiger partial charge in [0.1, 0.15) is 11.6 Å². The lowest BCUT2D eigenvalue weighted by atomic mass is 10.1. The molecule has 1 aliphatic carbocycles. The number of hydrogen-bond acceptors (Lipinski definition) is 4. The highest BCUT2D eigenvalue weighted by atomic mass is 35.5. The largest absolute Gasteiger partial charge is 0.347 e. The van der Waals surface area contributed by atoms with E-state index in [1.165, 1.54) is 12.1 Å². The van der Waals surface area contributed by atoms with Crippen LogP contribution < -0.4 is 11.1 Å². The van der Waals surface area contributed by atoms with Crippen molar-refractivity contribution in [2.45, 2.75) is 24.9 Å². The Morgan fingerprint density at radius 3 is 2.74 bits per heavy atom. The van der Waals surface area contributed by atoms with Crippen LogP contribution in [0.2, 0.25) is 0 Å². The molecule has 1 saturated carbocycles. The number of aromatic nitrogens is 3. The van der Waals surface area contributed by atoms with Crippen LogP contribution in [0.15, 0.2) is 48.7 Å². The summed E-state index contributed by atoms with van der Waals surface area (Å²) in [5, 5.41) is 2.80. The SMILES string of the molecule is Cl.NC1(C(=O)NCc2nc(-c3cccc(F)c3)c(-c3ccccn3)[nH]2)CC1. The van der Waals surface area contributed by atoms with Crippen LogP contribution in [0.4, 0.5) is 4.39 Å². The number of pyridine rings is 1. The first-order valence-corrected chi connectivity index (χ1v) is 8.39. The Balaban J connectivity index is 0.00000210. The Labute approximate surface area is 161 Å². The van der Waals surface area contributed by atoms with Gasteiger partial charge in [0.2, 0.25) is 5.91 Å². The predicted molar refractivity (Wildman–Crippen MR) is 102 cm³/mol. The maximum absolute atomic E-state index is 13.7. The zero-order chi connectivity index (χ0) is 18.1. The number of benzene rings is 1. The van der Waals surface area contributed by atoms with Gasteiger partial charge in [0.05, 0.1) is 29.2 Å². The van der Waals surface area contributed by atoms with Crippen LogP contribution in [-0.2, 0) is 11.3 Å². The van der Waals surface area contributed by atoms with Crippen molar-refractivity contribution < 1.29 is 9.18 Å². The highest BCUT2D eigenvalue weighted by molar-refractivity contribution is 5.89. The molecule has 1 fully saturated rings. The predicted octanol–water partition coefficient (Wildman–Crippen LogP) is 2.81. The van der Waals surface area contributed by atoms with Crippen molar-refractivity contribution in [3.8, 4) is 22.6 Å². The summed E-state index contributed by atoms with van der Waals surface area (Å²) in [4.78, 5) is 24.1. The van der Waals surface area contributed by atoms with Gasteiger partial charge in [-0.15, -0.1) is 12.4 Å². The maximum atomic E-state index is 13.7. The van der Waals surface area contributed by atoms with Crippen LogP contribution in [0.25, 0.3) is 22.6 Å². The molecule has 0 radical (unpaired) electrons. The third-order valence-electron chi connectivity index (χ3n) is 4.43. The van der Waals surface area contributed by atoms with E-state index < -0.39 is 5.54 Å². The van der Waals surface area contributed by atoms with Gasteiger partial charge in [-0.3, -0.25) is 9.78 Å². The molecule has 3 aromatic rings. The highest BCUT2D eigenvalue weighted by Crippen LogP contribution is 2.32. The number of hydrogen-bond donors (Lipinski definition) is 3. The van der Waals surface area contributed by atoms with Crippen molar-refractivity contribution in [3.63, 3.8) is 0 Å². The second-order valence-electron chi connectivity index (χ2n) is 6.47. The third-order valence-corrected chi connectivity index (χ3v) is 4.43. The van der Waals surface area contributed by atoms with Gasteiger partial charge < -0.3 is 16.0 Å². The highest BCUT2D eigenvalue weighted by Gasteiger charge is 2.45. The summed E-state index contributed by atoms with van der Waals surface area (Å²) in [7, 11) is 0. The standard InChI is InChI=1S/C19H18FN5O.ClH/c20-13-5-3-4-12(10-13)16-17(14-6-1-2-9-22-14)25-15(24-16)11-23-18(26)19(21)7-8-19;/h1-6,9-10H,7-8,11,21H2,(H,23,26)(H,24,25);1H. The summed E-state index contributed by atoms with van der Waals surface area (Å²) in [5.41, 5.74) is 7.74. The molecule has 8 heteroatoms. The summed E-state index contributed by atoms with van der Waals surface area (Å²) in [6.07, 6.45) is 3.08. The minimum atomic E-state index is -0.734. The molecule has 0 spiro atoms. The maximum Gasteiger partial charge on any atom is 0.240 e. The van der Waals surface area contributed by atoms with Crippen molar-refractivity contribution in [2.24, 2.45) is 5.73 Å². The van der Waals surface area contributed by atoms with Crippen molar-refractivity contribution >= 4 is 18.3 Å². The number of imidazole rings is 1. The average molecular weight is 388 g/mol. The summed E-state index contributed by atoms with van der Waals surface area (Å²) < 4.78 is 13.7. The van der Waals surface area contributed by atoms with Gasteiger partial charge >= 0.3 is 0 Å². The Hall–Kier alpha value is -2.77. The number of amides is 1. The molecule has 4 rings (SSSR count). The Morgan fingerprint density at radius 2 is 2.07 bits per heavy atom. The molecule has 2 heterocycles. The summed E-state index contributed by atoms with van der Waals surface area (Å²) in [5.74, 6) is 0.0363. The lowest BCUT2D eigenvalue weighted by Crippen LogP contribution is -2.42. The summed E-state index contributed by atoms with van der Waals surface area (Å²) >= 11 is 0. The van der Waals surface area contributed by atoms with E-state index in [0.29, 0.717) is 41.3 Å². The van der Waals surface area contributed by atoms with Crippen LogP contribution in [-0.4, -0.2) is 26.4 Å². The molecule has 1 aliphatic rings. The van der Waals surface area contributed by atoms with Gasteiger partial charge in [-0.05, 0) is 37.1 Å². The number of H-pyrrole nitrogens is 1. The molecule has 0 atom stereocenters. The molecule has 1 aromatic carbocycles. The lowest BCUT2D eigenvalue weighted by molar-refractivity contribution is -0.123. The molecule has 1 amide bonds. The first-order valence-electron chi connectivity index (χ1n) is 8.39. The number of halogens is 2. The van der Waals surface area contributed by atoms with E-state index in [-0.39, 0.29) is 30.7 Å². The minimum Gasteiger partial charge on any atom is -0.347 e. The summed E-state index contributed by atoms with van der Waals surface area (Å²) in [6, 6.07) is 11.8. The lowest BCUT2D eigenvalue weighted by Gasteiger charge is -2.08. The second kappa shape index (κ2) is 7.46. The first-order chi connectivity index (χ1) is 12.5. The van der Waals surface area contributed by atoms with Gasteiger partial charge in [-0.2, -0.15) is 0 Å². The van der Waals surface area contributed by atoms with Gasteiger partial charge in [0.15, 0.2) is 0 Å². The number of rotatable bonds is 5. The first kappa shape index (κ1) is 19.0. The molecule has 140 valence electrons. The van der Waals surface area contributed by atoms with E-state index in [0.717, 1.165) is 0 Å². The van der Waals surface area contributed by atoms with Crippen LogP contribution in [0.3, 0.4) is 0 Å². The monoisotopic (exact) mass is 387 g/mol. The Kier molecular flexibility index (Phi) is 5.25. The fraction of sp³-hybridized carbons (Fsp3) is 0.211. The quantitative estimate of drug-likeness (QED) is 0.627. The van der Waals surface area contributed by atoms with Crippen LogP contribution in [0, 0.1) is 5.82 Å². The van der Waals surface area contributed by atoms with E-state index in [1.54, 1.807) is 18.3 Å². The van der Waals surface area contributed by atoms with Gasteiger partial charge in [0.25, 0.3) is 0 Å². The number of nitrogens with one attached hydrogen (secondary N) is 2. The fourth-order valence-electron chi connectivity index (χ4n) is 2.75. The van der Waals surface area contributed by atoms with Crippen LogP contribution >= 0.6 is 12.4 Å². The zero-order valence-electron chi connectivity index (χ0n) is 14.4. The molecule has 2 aromatic heterocycles. The average Bonchev–Trinajstić information content (AvgIpc) is 3.27. The van der Waals surface area contributed by atoms with Crippen molar-refractivity contribution in [1.82, 2.24) is 20.3 Å². The van der Waals surface area contributed by atoms with Crippen molar-refractivity contribution in [3.05, 3.63) is 60.3 Å². The Morgan fingerprint density at radius 1 is 1.26 bits per heavy atom. The number of aromatic amines is 1. The molecular formula is C19H19ClFN5O. The molecule has 4 N–H and O–H groups in total. The van der Waals surface area contributed by atoms with E-state index in [4.69, 9.17) is 5.73 Å². The van der Waals surface area contributed by atoms with Crippen molar-refractivity contribution in [2.75, 3.05) is 0 Å². The number of carbonyl (C=O) groups excluding carboxylic acids is 1. The smallest absolute Gasteiger partial charge is 0.240 e. The van der Waals surface area contributed by atoms with E-state index in [9.17, 15) is 9.18 Å². The number of carbonyl (C=O) groups is 1. The molecule has 0 saturated heterocycles.